The summed E-state index contributed by atoms with van der Waals surface area (Å²) in [7, 11) is 0. The number of halogens is 3. The molecule has 1 fully saturated rings. The lowest BCUT2D eigenvalue weighted by Gasteiger charge is -2.33. The summed E-state index contributed by atoms with van der Waals surface area (Å²) in [5.74, 6) is 5.29. The van der Waals surface area contributed by atoms with Gasteiger partial charge in [0.05, 0.1) is 0 Å². The van der Waals surface area contributed by atoms with Crippen LogP contribution in [0.2, 0.25) is 0 Å². The van der Waals surface area contributed by atoms with Gasteiger partial charge in [0.15, 0.2) is 0 Å². The fourth-order valence-corrected chi connectivity index (χ4v) is 3.45. The third-order valence-electron chi connectivity index (χ3n) is 4.87. The van der Waals surface area contributed by atoms with Crippen molar-refractivity contribution in [3.05, 3.63) is 47.8 Å². The predicted octanol–water partition coefficient (Wildman–Crippen LogP) is 5.98. The van der Waals surface area contributed by atoms with Crippen LogP contribution in [0.4, 0.5) is 13.2 Å². The first-order valence-electron chi connectivity index (χ1n) is 8.55. The Kier molecular flexibility index (Phi) is 4.85. The Bertz CT molecular complexity index is 787. The van der Waals surface area contributed by atoms with E-state index in [1.165, 1.54) is 12.1 Å². The molecule has 1 aliphatic carbocycles. The third kappa shape index (κ3) is 3.59. The Morgan fingerprint density at radius 1 is 1.17 bits per heavy atom. The molecule has 1 saturated carbocycles. The van der Waals surface area contributed by atoms with Crippen molar-refractivity contribution in [2.24, 2.45) is 5.92 Å². The maximum absolute atomic E-state index is 14.8. The zero-order chi connectivity index (χ0) is 17.2. The van der Waals surface area contributed by atoms with Gasteiger partial charge in [0, 0.05) is 5.56 Å². The fraction of sp³-hybridized carbons (Fsp3) is 0.429. The summed E-state index contributed by atoms with van der Waals surface area (Å²) in [6.07, 6.45) is 1.53. The van der Waals surface area contributed by atoms with Crippen molar-refractivity contribution < 1.29 is 13.2 Å². The van der Waals surface area contributed by atoms with E-state index in [9.17, 15) is 13.2 Å². The zero-order valence-corrected chi connectivity index (χ0v) is 13.8. The zero-order valence-electron chi connectivity index (χ0n) is 13.8. The molecule has 0 nitrogen and oxygen atoms in total. The largest absolute Gasteiger partial charge is 0.243 e. The minimum atomic E-state index is -2.05. The van der Waals surface area contributed by atoms with Gasteiger partial charge in [-0.25, -0.2) is 13.2 Å². The molecule has 0 amide bonds. The van der Waals surface area contributed by atoms with Gasteiger partial charge in [0.25, 0.3) is 0 Å². The molecule has 0 bridgehead atoms. The van der Waals surface area contributed by atoms with E-state index in [1.54, 1.807) is 24.3 Å². The smallest absolute Gasteiger partial charge is 0.202 e. The highest BCUT2D eigenvalue weighted by atomic mass is 19.2. The van der Waals surface area contributed by atoms with E-state index in [4.69, 9.17) is 0 Å². The molecule has 2 aromatic carbocycles. The number of hydrogen-bond acceptors (Lipinski definition) is 0. The topological polar surface area (TPSA) is 0 Å². The first kappa shape index (κ1) is 16.9. The van der Waals surface area contributed by atoms with Gasteiger partial charge in [0.1, 0.15) is 12.0 Å². The number of alkyl halides is 2. The van der Waals surface area contributed by atoms with E-state index in [1.807, 2.05) is 0 Å². The molecule has 0 radical (unpaired) electrons. The monoisotopic (exact) mass is 330 g/mol. The molecule has 3 heteroatoms. The normalized spacial score (nSPS) is 26.8. The molecule has 3 rings (SSSR count). The Hall–Kier alpha value is -1.95. The summed E-state index contributed by atoms with van der Waals surface area (Å²) >= 11 is 0. The summed E-state index contributed by atoms with van der Waals surface area (Å²) in [6, 6.07) is 9.72. The van der Waals surface area contributed by atoms with Gasteiger partial charge in [-0.15, -0.1) is 0 Å². The lowest BCUT2D eigenvalue weighted by atomic mass is 9.77. The molecule has 0 aliphatic heterocycles. The SMILES string of the molecule is CCCC1CCC(F)(C#Cc2ccc3cc(F)ccc3c2)C(F)C1. The second-order valence-electron chi connectivity index (χ2n) is 6.72. The summed E-state index contributed by atoms with van der Waals surface area (Å²) in [4.78, 5) is 0. The van der Waals surface area contributed by atoms with Gasteiger partial charge in [-0.1, -0.05) is 43.7 Å². The van der Waals surface area contributed by atoms with Crippen LogP contribution in [0.15, 0.2) is 36.4 Å². The van der Waals surface area contributed by atoms with Gasteiger partial charge in [0.2, 0.25) is 5.67 Å². The van der Waals surface area contributed by atoms with E-state index in [-0.39, 0.29) is 24.6 Å². The summed E-state index contributed by atoms with van der Waals surface area (Å²) in [6.45, 7) is 2.07. The second-order valence-corrected chi connectivity index (χ2v) is 6.72. The van der Waals surface area contributed by atoms with Crippen molar-refractivity contribution in [2.75, 3.05) is 0 Å². The van der Waals surface area contributed by atoms with Crippen LogP contribution >= 0.6 is 0 Å². The number of rotatable bonds is 2. The van der Waals surface area contributed by atoms with Crippen LogP contribution < -0.4 is 0 Å². The molecule has 0 heterocycles. The van der Waals surface area contributed by atoms with E-state index in [2.05, 4.69) is 18.8 Å². The average molecular weight is 330 g/mol. The maximum atomic E-state index is 14.8. The summed E-state index contributed by atoms with van der Waals surface area (Å²) in [5, 5.41) is 1.60. The molecular weight excluding hydrogens is 309 g/mol. The highest BCUT2D eigenvalue weighted by molar-refractivity contribution is 5.83. The van der Waals surface area contributed by atoms with Crippen LogP contribution in [0.1, 0.15) is 44.6 Å². The molecule has 0 spiro atoms. The number of fused-ring (bicyclic) bond motifs is 1. The molecule has 3 atom stereocenters. The van der Waals surface area contributed by atoms with E-state index in [0.29, 0.717) is 12.0 Å². The highest BCUT2D eigenvalue weighted by Crippen LogP contribution is 2.38. The first-order chi connectivity index (χ1) is 11.5. The summed E-state index contributed by atoms with van der Waals surface area (Å²) < 4.78 is 42.3. The quantitative estimate of drug-likeness (QED) is 0.594. The molecule has 24 heavy (non-hydrogen) atoms. The van der Waals surface area contributed by atoms with Crippen molar-refractivity contribution in [2.45, 2.75) is 50.9 Å². The average Bonchev–Trinajstić information content (AvgIpc) is 2.57. The minimum Gasteiger partial charge on any atom is -0.243 e. The molecule has 3 unspecified atom stereocenters. The highest BCUT2D eigenvalue weighted by Gasteiger charge is 2.43. The lowest BCUT2D eigenvalue weighted by molar-refractivity contribution is 0.0362. The van der Waals surface area contributed by atoms with E-state index in [0.717, 1.165) is 23.6 Å². The lowest BCUT2D eigenvalue weighted by Crippen LogP contribution is -2.39. The van der Waals surface area contributed by atoms with Gasteiger partial charge in [-0.05, 0) is 60.2 Å². The molecule has 1 aliphatic rings. The van der Waals surface area contributed by atoms with Gasteiger partial charge < -0.3 is 0 Å². The third-order valence-corrected chi connectivity index (χ3v) is 4.87. The molecular formula is C21H21F3. The Balaban J connectivity index is 1.80. The number of hydrogen-bond donors (Lipinski definition) is 0. The molecule has 126 valence electrons. The molecule has 0 saturated heterocycles. The second kappa shape index (κ2) is 6.89. The predicted molar refractivity (Wildman–Crippen MR) is 91.8 cm³/mol. The van der Waals surface area contributed by atoms with Crippen LogP contribution in [0.25, 0.3) is 10.8 Å². The van der Waals surface area contributed by atoms with Crippen LogP contribution in [0.3, 0.4) is 0 Å². The Labute approximate surface area is 141 Å². The number of benzene rings is 2. The van der Waals surface area contributed by atoms with Crippen molar-refractivity contribution in [1.82, 2.24) is 0 Å². The van der Waals surface area contributed by atoms with Crippen molar-refractivity contribution in [3.8, 4) is 11.8 Å². The fourth-order valence-electron chi connectivity index (χ4n) is 3.45. The minimum absolute atomic E-state index is 0.157. The van der Waals surface area contributed by atoms with Gasteiger partial charge in [-0.3, -0.25) is 0 Å². The van der Waals surface area contributed by atoms with E-state index < -0.39 is 11.8 Å². The van der Waals surface area contributed by atoms with Crippen LogP contribution in [0, 0.1) is 23.6 Å². The standard InChI is InChI=1S/C21H21F3/c1-2-3-15-8-10-21(24,20(23)13-15)11-9-16-4-5-18-14-19(22)7-6-17(18)12-16/h4-7,12,14-15,20H,2-3,8,10,13H2,1H3. The molecule has 0 N–H and O–H groups in total. The molecule has 0 aromatic heterocycles. The van der Waals surface area contributed by atoms with Crippen LogP contribution in [0.5, 0.6) is 0 Å². The van der Waals surface area contributed by atoms with Crippen LogP contribution in [-0.4, -0.2) is 11.8 Å². The first-order valence-corrected chi connectivity index (χ1v) is 8.55. The van der Waals surface area contributed by atoms with Crippen molar-refractivity contribution in [1.29, 1.82) is 0 Å². The van der Waals surface area contributed by atoms with Crippen LogP contribution in [-0.2, 0) is 0 Å². The van der Waals surface area contributed by atoms with E-state index >= 15 is 0 Å². The summed E-state index contributed by atoms with van der Waals surface area (Å²) in [5.41, 5.74) is -1.43. The van der Waals surface area contributed by atoms with Crippen molar-refractivity contribution in [3.63, 3.8) is 0 Å². The van der Waals surface area contributed by atoms with Gasteiger partial charge in [-0.2, -0.15) is 0 Å². The maximum Gasteiger partial charge on any atom is 0.202 e. The molecule has 2 aromatic rings. The Morgan fingerprint density at radius 2 is 1.92 bits per heavy atom. The Morgan fingerprint density at radius 3 is 2.67 bits per heavy atom. The van der Waals surface area contributed by atoms with Gasteiger partial charge >= 0.3 is 0 Å². The van der Waals surface area contributed by atoms with Crippen molar-refractivity contribution >= 4 is 10.8 Å².